The maximum Gasteiger partial charge on any atom is 0.238 e. The molecule has 1 aromatic carbocycles. The van der Waals surface area contributed by atoms with Crippen LogP contribution in [0.3, 0.4) is 0 Å². The quantitative estimate of drug-likeness (QED) is 0.566. The maximum absolute atomic E-state index is 11.4. The molecule has 0 aliphatic rings. The van der Waals surface area contributed by atoms with Crippen molar-refractivity contribution in [3.63, 3.8) is 0 Å². The maximum atomic E-state index is 11.4. The lowest BCUT2D eigenvalue weighted by atomic mass is 10.1. The summed E-state index contributed by atoms with van der Waals surface area (Å²) in [6.07, 6.45) is 2.73. The van der Waals surface area contributed by atoms with E-state index in [1.54, 1.807) is 6.08 Å². The predicted molar refractivity (Wildman–Crippen MR) is 67.5 cm³/mol. The first kappa shape index (κ1) is 12.5. The number of benzene rings is 1. The summed E-state index contributed by atoms with van der Waals surface area (Å²) in [4.78, 5) is 11.4. The van der Waals surface area contributed by atoms with Crippen molar-refractivity contribution in [2.75, 3.05) is 18.4 Å². The Morgan fingerprint density at radius 2 is 2.06 bits per heavy atom. The molecule has 86 valence electrons. The highest BCUT2D eigenvalue weighted by molar-refractivity contribution is 5.92. The van der Waals surface area contributed by atoms with Crippen LogP contribution in [0.25, 0.3) is 0 Å². The van der Waals surface area contributed by atoms with Crippen molar-refractivity contribution < 1.29 is 4.79 Å². The second kappa shape index (κ2) is 6.80. The first-order valence-corrected chi connectivity index (χ1v) is 5.46. The average Bonchev–Trinajstić information content (AvgIpc) is 2.30. The number of hydrogen-bond donors (Lipinski definition) is 2. The fraction of sp³-hybridized carbons (Fsp3) is 0.308. The predicted octanol–water partition coefficient (Wildman–Crippen LogP) is 1.96. The zero-order valence-corrected chi connectivity index (χ0v) is 9.62. The number of hydrogen-bond acceptors (Lipinski definition) is 2. The molecule has 0 saturated carbocycles. The topological polar surface area (TPSA) is 41.1 Å². The minimum Gasteiger partial charge on any atom is -0.325 e. The largest absolute Gasteiger partial charge is 0.325 e. The summed E-state index contributed by atoms with van der Waals surface area (Å²) in [6.45, 7) is 6.62. The van der Waals surface area contributed by atoms with Crippen molar-refractivity contribution in [1.82, 2.24) is 5.32 Å². The van der Waals surface area contributed by atoms with E-state index in [2.05, 4.69) is 24.1 Å². The van der Waals surface area contributed by atoms with Crippen LogP contribution in [0.4, 0.5) is 5.69 Å². The summed E-state index contributed by atoms with van der Waals surface area (Å²) in [5, 5.41) is 5.76. The lowest BCUT2D eigenvalue weighted by molar-refractivity contribution is -0.115. The lowest BCUT2D eigenvalue weighted by Gasteiger charge is -2.06. The summed E-state index contributed by atoms with van der Waals surface area (Å²) in [5.41, 5.74) is 2.10. The molecule has 1 amide bonds. The number of nitrogens with one attached hydrogen (secondary N) is 2. The van der Waals surface area contributed by atoms with Gasteiger partial charge in [0.05, 0.1) is 6.54 Å². The Morgan fingerprint density at radius 1 is 1.38 bits per heavy atom. The molecule has 0 heterocycles. The van der Waals surface area contributed by atoms with Crippen molar-refractivity contribution in [3.05, 3.63) is 42.5 Å². The number of amides is 1. The van der Waals surface area contributed by atoms with Gasteiger partial charge in [-0.25, -0.2) is 0 Å². The van der Waals surface area contributed by atoms with Gasteiger partial charge in [0, 0.05) is 12.2 Å². The molecule has 0 aliphatic carbocycles. The number of carbonyl (C=O) groups is 1. The van der Waals surface area contributed by atoms with Crippen LogP contribution < -0.4 is 10.6 Å². The number of anilines is 1. The SMILES string of the molecule is C=CCNCC(=O)Nc1ccc(CC)cc1. The van der Waals surface area contributed by atoms with Crippen LogP contribution in [0, 0.1) is 0 Å². The van der Waals surface area contributed by atoms with Crippen LogP contribution in [-0.2, 0) is 11.2 Å². The monoisotopic (exact) mass is 218 g/mol. The normalized spacial score (nSPS) is 9.81. The summed E-state index contributed by atoms with van der Waals surface area (Å²) < 4.78 is 0. The van der Waals surface area contributed by atoms with Gasteiger partial charge in [0.25, 0.3) is 0 Å². The first-order valence-electron chi connectivity index (χ1n) is 5.46. The van der Waals surface area contributed by atoms with Gasteiger partial charge in [-0.3, -0.25) is 4.79 Å². The second-order valence-electron chi connectivity index (χ2n) is 3.52. The molecule has 0 saturated heterocycles. The highest BCUT2D eigenvalue weighted by Crippen LogP contribution is 2.09. The zero-order chi connectivity index (χ0) is 11.8. The molecule has 0 spiro atoms. The van der Waals surface area contributed by atoms with E-state index >= 15 is 0 Å². The Kier molecular flexibility index (Phi) is 5.29. The minimum absolute atomic E-state index is 0.0360. The molecule has 0 atom stereocenters. The Bertz CT molecular complexity index is 343. The standard InChI is InChI=1S/C13H18N2O/c1-3-9-14-10-13(16)15-12-7-5-11(4-2)6-8-12/h3,5-8,14H,1,4,9-10H2,2H3,(H,15,16). The van der Waals surface area contributed by atoms with Crippen LogP contribution in [-0.4, -0.2) is 19.0 Å². The van der Waals surface area contributed by atoms with Gasteiger partial charge in [-0.05, 0) is 24.1 Å². The van der Waals surface area contributed by atoms with E-state index in [1.165, 1.54) is 5.56 Å². The van der Waals surface area contributed by atoms with Crippen LogP contribution in [0.5, 0.6) is 0 Å². The van der Waals surface area contributed by atoms with Crippen molar-refractivity contribution in [3.8, 4) is 0 Å². The zero-order valence-electron chi connectivity index (χ0n) is 9.62. The molecule has 1 aromatic rings. The summed E-state index contributed by atoms with van der Waals surface area (Å²) in [6, 6.07) is 7.88. The molecule has 2 N–H and O–H groups in total. The highest BCUT2D eigenvalue weighted by Gasteiger charge is 2.00. The van der Waals surface area contributed by atoms with Crippen molar-refractivity contribution in [2.45, 2.75) is 13.3 Å². The molecular weight excluding hydrogens is 200 g/mol. The third-order valence-corrected chi connectivity index (χ3v) is 2.22. The van der Waals surface area contributed by atoms with Crippen LogP contribution >= 0.6 is 0 Å². The van der Waals surface area contributed by atoms with E-state index < -0.39 is 0 Å². The fourth-order valence-corrected chi connectivity index (χ4v) is 1.32. The smallest absolute Gasteiger partial charge is 0.238 e. The molecule has 0 fully saturated rings. The molecule has 0 radical (unpaired) electrons. The minimum atomic E-state index is -0.0360. The number of carbonyl (C=O) groups excluding carboxylic acids is 1. The van der Waals surface area contributed by atoms with Crippen molar-refractivity contribution in [1.29, 1.82) is 0 Å². The lowest BCUT2D eigenvalue weighted by Crippen LogP contribution is -2.28. The van der Waals surface area contributed by atoms with Gasteiger partial charge in [0.2, 0.25) is 5.91 Å². The van der Waals surface area contributed by atoms with E-state index in [0.717, 1.165) is 12.1 Å². The molecule has 3 heteroatoms. The van der Waals surface area contributed by atoms with Gasteiger partial charge in [-0.2, -0.15) is 0 Å². The van der Waals surface area contributed by atoms with Crippen molar-refractivity contribution in [2.24, 2.45) is 0 Å². The summed E-state index contributed by atoms with van der Waals surface area (Å²) >= 11 is 0. The van der Waals surface area contributed by atoms with Gasteiger partial charge in [-0.1, -0.05) is 25.1 Å². The van der Waals surface area contributed by atoms with E-state index in [0.29, 0.717) is 13.1 Å². The molecule has 0 aliphatic heterocycles. The third kappa shape index (κ3) is 4.28. The molecule has 3 nitrogen and oxygen atoms in total. The molecular formula is C13H18N2O. The molecule has 1 rings (SSSR count). The van der Waals surface area contributed by atoms with E-state index in [9.17, 15) is 4.79 Å². The number of rotatable bonds is 6. The van der Waals surface area contributed by atoms with E-state index in [-0.39, 0.29) is 5.91 Å². The Hall–Kier alpha value is -1.61. The molecule has 16 heavy (non-hydrogen) atoms. The average molecular weight is 218 g/mol. The first-order chi connectivity index (χ1) is 7.76. The van der Waals surface area contributed by atoms with Gasteiger partial charge < -0.3 is 10.6 Å². The molecule has 0 bridgehead atoms. The molecule has 0 aromatic heterocycles. The second-order valence-corrected chi connectivity index (χ2v) is 3.52. The van der Waals surface area contributed by atoms with Crippen molar-refractivity contribution >= 4 is 11.6 Å². The summed E-state index contributed by atoms with van der Waals surface area (Å²) in [7, 11) is 0. The highest BCUT2D eigenvalue weighted by atomic mass is 16.1. The molecule has 0 unspecified atom stereocenters. The van der Waals surface area contributed by atoms with E-state index in [1.807, 2.05) is 24.3 Å². The summed E-state index contributed by atoms with van der Waals surface area (Å²) in [5.74, 6) is -0.0360. The van der Waals surface area contributed by atoms with Crippen LogP contribution in [0.2, 0.25) is 0 Å². The van der Waals surface area contributed by atoms with E-state index in [4.69, 9.17) is 0 Å². The fourth-order valence-electron chi connectivity index (χ4n) is 1.32. The Labute approximate surface area is 96.6 Å². The van der Waals surface area contributed by atoms with Gasteiger partial charge in [-0.15, -0.1) is 6.58 Å². The third-order valence-electron chi connectivity index (χ3n) is 2.22. The number of aryl methyl sites for hydroxylation is 1. The Morgan fingerprint density at radius 3 is 2.62 bits per heavy atom. The van der Waals surface area contributed by atoms with Crippen LogP contribution in [0.1, 0.15) is 12.5 Å². The van der Waals surface area contributed by atoms with Gasteiger partial charge in [0.15, 0.2) is 0 Å². The van der Waals surface area contributed by atoms with Crippen LogP contribution in [0.15, 0.2) is 36.9 Å². The van der Waals surface area contributed by atoms with Gasteiger partial charge >= 0.3 is 0 Å². The Balaban J connectivity index is 2.40. The van der Waals surface area contributed by atoms with Gasteiger partial charge in [0.1, 0.15) is 0 Å².